The van der Waals surface area contributed by atoms with E-state index in [1.54, 1.807) is 0 Å². The zero-order valence-corrected chi connectivity index (χ0v) is 21.8. The minimum Gasteiger partial charge on any atom is -0.455 e. The van der Waals surface area contributed by atoms with Gasteiger partial charge in [0.25, 0.3) is 0 Å². The Morgan fingerprint density at radius 2 is 1.12 bits per heavy atom. The van der Waals surface area contributed by atoms with Gasteiger partial charge in [0.15, 0.2) is 0 Å². The summed E-state index contributed by atoms with van der Waals surface area (Å²) in [5, 5.41) is 16.0. The van der Waals surface area contributed by atoms with Gasteiger partial charge in [0.05, 0.1) is 22.7 Å². The van der Waals surface area contributed by atoms with Crippen LogP contribution in [0, 0.1) is 11.3 Å². The maximum atomic E-state index is 9.52. The Bertz CT molecular complexity index is 2550. The molecule has 0 aliphatic carbocycles. The van der Waals surface area contributed by atoms with Crippen LogP contribution in [0.15, 0.2) is 130 Å². The first kappa shape index (κ1) is 22.1. The lowest BCUT2D eigenvalue weighted by molar-refractivity contribution is 0.665. The van der Waals surface area contributed by atoms with Crippen LogP contribution in [-0.2, 0) is 0 Å². The summed E-state index contributed by atoms with van der Waals surface area (Å²) >= 11 is 0. The van der Waals surface area contributed by atoms with Crippen LogP contribution in [0.25, 0.3) is 82.5 Å². The molecule has 3 aromatic heterocycles. The molecule has 0 bridgehead atoms. The maximum absolute atomic E-state index is 9.52. The van der Waals surface area contributed by atoms with Crippen LogP contribution in [0.3, 0.4) is 0 Å². The molecular weight excluding hydrogens is 504 g/mol. The second kappa shape index (κ2) is 8.11. The molecule has 9 aromatic rings. The number of para-hydroxylation sites is 4. The third kappa shape index (κ3) is 3.03. The molecule has 0 aliphatic heterocycles. The van der Waals surface area contributed by atoms with Gasteiger partial charge in [0.1, 0.15) is 22.3 Å². The van der Waals surface area contributed by atoms with E-state index in [-0.39, 0.29) is 0 Å². The lowest BCUT2D eigenvalue weighted by Gasteiger charge is -2.08. The van der Waals surface area contributed by atoms with Gasteiger partial charge in [-0.2, -0.15) is 5.26 Å². The van der Waals surface area contributed by atoms with E-state index in [4.69, 9.17) is 8.83 Å². The Kier molecular flexibility index (Phi) is 4.37. The van der Waals surface area contributed by atoms with Crippen molar-refractivity contribution in [2.75, 3.05) is 0 Å². The number of fused-ring (bicyclic) bond motifs is 9. The number of nitrogens with zero attached hydrogens (tertiary/aromatic N) is 2. The number of benzene rings is 6. The number of hydrogen-bond donors (Lipinski definition) is 0. The summed E-state index contributed by atoms with van der Waals surface area (Å²) < 4.78 is 15.2. The van der Waals surface area contributed by atoms with E-state index in [9.17, 15) is 5.26 Å². The van der Waals surface area contributed by atoms with E-state index in [1.165, 1.54) is 0 Å². The van der Waals surface area contributed by atoms with Crippen molar-refractivity contribution in [2.24, 2.45) is 0 Å². The maximum Gasteiger partial charge on any atom is 0.143 e. The van der Waals surface area contributed by atoms with E-state index in [1.807, 2.05) is 42.5 Å². The molecule has 0 saturated heterocycles. The standard InChI is InChI=1S/C37H20N2O2/c38-21-22-15-17-33-30(19-22)24-7-1-3-13-32(24)39(33)23-16-18-35-31(20-23)29-12-6-11-28(37(29)41-35)27-10-5-9-26-25-8-2-4-14-34(25)40-36(26)27/h1-20H. The highest BCUT2D eigenvalue weighted by molar-refractivity contribution is 6.15. The predicted molar refractivity (Wildman–Crippen MR) is 165 cm³/mol. The molecular formula is C37H20N2O2. The first-order chi connectivity index (χ1) is 20.3. The van der Waals surface area contributed by atoms with Gasteiger partial charge in [-0.1, -0.05) is 72.8 Å². The van der Waals surface area contributed by atoms with Crippen LogP contribution in [0.4, 0.5) is 0 Å². The van der Waals surface area contributed by atoms with Gasteiger partial charge in [-0.15, -0.1) is 0 Å². The van der Waals surface area contributed by atoms with Crippen molar-refractivity contribution in [3.63, 3.8) is 0 Å². The van der Waals surface area contributed by atoms with Crippen LogP contribution < -0.4 is 0 Å². The van der Waals surface area contributed by atoms with Gasteiger partial charge in [-0.3, -0.25) is 0 Å². The summed E-state index contributed by atoms with van der Waals surface area (Å²) in [5.74, 6) is 0. The number of rotatable bonds is 2. The predicted octanol–water partition coefficient (Wildman–Crippen LogP) is 10.1. The van der Waals surface area contributed by atoms with Gasteiger partial charge < -0.3 is 13.4 Å². The molecule has 0 N–H and O–H groups in total. The third-order valence-corrected chi connectivity index (χ3v) is 8.23. The van der Waals surface area contributed by atoms with E-state index in [0.29, 0.717) is 5.56 Å². The fraction of sp³-hybridized carbons (Fsp3) is 0. The molecule has 3 heterocycles. The highest BCUT2D eigenvalue weighted by Gasteiger charge is 2.19. The molecule has 0 amide bonds. The fourth-order valence-corrected chi connectivity index (χ4v) is 6.42. The SMILES string of the molecule is N#Cc1ccc2c(c1)c1ccccc1n2-c1ccc2oc3c(-c4cccc5c4oc4ccccc45)cccc3c2c1. The lowest BCUT2D eigenvalue weighted by Crippen LogP contribution is -1.93. The van der Waals surface area contributed by atoms with Crippen molar-refractivity contribution in [1.29, 1.82) is 5.26 Å². The first-order valence-corrected chi connectivity index (χ1v) is 13.6. The summed E-state index contributed by atoms with van der Waals surface area (Å²) in [6.45, 7) is 0. The molecule has 0 radical (unpaired) electrons. The molecule has 9 rings (SSSR count). The Labute approximate surface area is 233 Å². The largest absolute Gasteiger partial charge is 0.455 e. The van der Waals surface area contributed by atoms with E-state index >= 15 is 0 Å². The lowest BCUT2D eigenvalue weighted by atomic mass is 10.00. The summed E-state index contributed by atoms with van der Waals surface area (Å²) in [6, 6.07) is 43.7. The Morgan fingerprint density at radius 1 is 0.488 bits per heavy atom. The average Bonchev–Trinajstić information content (AvgIpc) is 3.70. The van der Waals surface area contributed by atoms with Gasteiger partial charge in [0.2, 0.25) is 0 Å². The zero-order valence-electron chi connectivity index (χ0n) is 21.8. The zero-order chi connectivity index (χ0) is 27.1. The monoisotopic (exact) mass is 524 g/mol. The fourth-order valence-electron chi connectivity index (χ4n) is 6.42. The van der Waals surface area contributed by atoms with Gasteiger partial charge in [0, 0.05) is 49.1 Å². The van der Waals surface area contributed by atoms with Gasteiger partial charge in [-0.05, 0) is 48.5 Å². The summed E-state index contributed by atoms with van der Waals surface area (Å²) in [4.78, 5) is 0. The second-order valence-electron chi connectivity index (χ2n) is 10.4. The van der Waals surface area contributed by atoms with Crippen molar-refractivity contribution < 1.29 is 8.83 Å². The minimum absolute atomic E-state index is 0.656. The molecule has 190 valence electrons. The second-order valence-corrected chi connectivity index (χ2v) is 10.4. The molecule has 0 fully saturated rings. The molecule has 41 heavy (non-hydrogen) atoms. The first-order valence-electron chi connectivity index (χ1n) is 13.6. The normalized spacial score (nSPS) is 11.9. The van der Waals surface area contributed by atoms with Crippen molar-refractivity contribution in [2.45, 2.75) is 0 Å². The van der Waals surface area contributed by atoms with Crippen molar-refractivity contribution >= 4 is 65.7 Å². The van der Waals surface area contributed by atoms with Crippen LogP contribution in [0.1, 0.15) is 5.56 Å². The summed E-state index contributed by atoms with van der Waals surface area (Å²) in [6.07, 6.45) is 0. The molecule has 0 saturated carbocycles. The van der Waals surface area contributed by atoms with E-state index in [0.717, 1.165) is 82.5 Å². The van der Waals surface area contributed by atoms with E-state index in [2.05, 4.69) is 89.5 Å². The molecule has 6 aromatic carbocycles. The number of furan rings is 2. The van der Waals surface area contributed by atoms with Crippen LogP contribution in [0.5, 0.6) is 0 Å². The smallest absolute Gasteiger partial charge is 0.143 e. The molecule has 0 unspecified atom stereocenters. The molecule has 4 nitrogen and oxygen atoms in total. The Hall–Kier alpha value is -5.79. The number of aromatic nitrogens is 1. The van der Waals surface area contributed by atoms with Crippen molar-refractivity contribution in [3.8, 4) is 22.9 Å². The van der Waals surface area contributed by atoms with Crippen LogP contribution in [-0.4, -0.2) is 4.57 Å². The summed E-state index contributed by atoms with van der Waals surface area (Å²) in [7, 11) is 0. The molecule has 4 heteroatoms. The van der Waals surface area contributed by atoms with Crippen molar-refractivity contribution in [1.82, 2.24) is 4.57 Å². The van der Waals surface area contributed by atoms with E-state index < -0.39 is 0 Å². The molecule has 0 aliphatic rings. The topological polar surface area (TPSA) is 55.0 Å². The number of nitriles is 1. The minimum atomic E-state index is 0.656. The van der Waals surface area contributed by atoms with Gasteiger partial charge in [-0.25, -0.2) is 0 Å². The number of hydrogen-bond acceptors (Lipinski definition) is 3. The Morgan fingerprint density at radius 3 is 1.90 bits per heavy atom. The average molecular weight is 525 g/mol. The van der Waals surface area contributed by atoms with Gasteiger partial charge >= 0.3 is 0 Å². The van der Waals surface area contributed by atoms with Crippen molar-refractivity contribution in [3.05, 3.63) is 127 Å². The Balaban J connectivity index is 1.30. The molecule has 0 atom stereocenters. The quantitative estimate of drug-likeness (QED) is 0.226. The highest BCUT2D eigenvalue weighted by atomic mass is 16.3. The van der Waals surface area contributed by atoms with Crippen LogP contribution in [0.2, 0.25) is 0 Å². The molecule has 0 spiro atoms. The third-order valence-electron chi connectivity index (χ3n) is 8.23. The summed E-state index contributed by atoms with van der Waals surface area (Å²) in [5.41, 5.74) is 9.30. The highest BCUT2D eigenvalue weighted by Crippen LogP contribution is 2.42. The van der Waals surface area contributed by atoms with Crippen LogP contribution >= 0.6 is 0 Å².